The zero-order valence-corrected chi connectivity index (χ0v) is 11.7. The number of pyridine rings is 1. The highest BCUT2D eigenvalue weighted by Crippen LogP contribution is 2.28. The van der Waals surface area contributed by atoms with Crippen molar-refractivity contribution >= 4 is 11.5 Å². The fraction of sp³-hybridized carbons (Fsp3) is 0.250. The summed E-state index contributed by atoms with van der Waals surface area (Å²) < 4.78 is 0. The summed E-state index contributed by atoms with van der Waals surface area (Å²) in [5.74, 6) is 0.703. The molecule has 0 N–H and O–H groups in total. The van der Waals surface area contributed by atoms with Gasteiger partial charge in [-0.2, -0.15) is 5.26 Å². The molecule has 3 nitrogen and oxygen atoms in total. The van der Waals surface area contributed by atoms with Crippen LogP contribution in [0.3, 0.4) is 0 Å². The topological polar surface area (TPSA) is 39.9 Å². The van der Waals surface area contributed by atoms with E-state index in [1.807, 2.05) is 31.0 Å². The molecule has 0 unspecified atom stereocenters. The Bertz CT molecular complexity index is 654. The molecule has 0 radical (unpaired) electrons. The number of benzene rings is 1. The summed E-state index contributed by atoms with van der Waals surface area (Å²) in [5.41, 5.74) is 4.97. The van der Waals surface area contributed by atoms with Crippen molar-refractivity contribution in [3.63, 3.8) is 0 Å². The Morgan fingerprint density at radius 1 is 1.11 bits per heavy atom. The largest absolute Gasteiger partial charge is 0.328 e. The second-order valence-corrected chi connectivity index (χ2v) is 4.78. The van der Waals surface area contributed by atoms with Crippen LogP contribution in [0.1, 0.15) is 22.4 Å². The number of aryl methyl sites for hydroxylation is 3. The van der Waals surface area contributed by atoms with Crippen LogP contribution in [0.2, 0.25) is 0 Å². The van der Waals surface area contributed by atoms with Gasteiger partial charge in [0.25, 0.3) is 0 Å². The van der Waals surface area contributed by atoms with E-state index in [4.69, 9.17) is 0 Å². The van der Waals surface area contributed by atoms with E-state index >= 15 is 0 Å². The second kappa shape index (κ2) is 5.11. The van der Waals surface area contributed by atoms with Crippen molar-refractivity contribution in [2.24, 2.45) is 0 Å². The van der Waals surface area contributed by atoms with Gasteiger partial charge in [-0.25, -0.2) is 4.98 Å². The summed E-state index contributed by atoms with van der Waals surface area (Å²) in [6.45, 7) is 6.07. The average molecular weight is 251 g/mol. The lowest BCUT2D eigenvalue weighted by atomic mass is 10.1. The summed E-state index contributed by atoms with van der Waals surface area (Å²) in [4.78, 5) is 6.46. The molecule has 1 aromatic carbocycles. The van der Waals surface area contributed by atoms with E-state index in [1.54, 1.807) is 0 Å². The molecular weight excluding hydrogens is 234 g/mol. The molecule has 0 amide bonds. The lowest BCUT2D eigenvalue weighted by molar-refractivity contribution is 1.07. The highest BCUT2D eigenvalue weighted by Gasteiger charge is 2.13. The van der Waals surface area contributed by atoms with E-state index in [2.05, 4.69) is 43.1 Å². The van der Waals surface area contributed by atoms with E-state index < -0.39 is 0 Å². The van der Waals surface area contributed by atoms with E-state index in [0.29, 0.717) is 11.4 Å². The number of hydrogen-bond acceptors (Lipinski definition) is 3. The van der Waals surface area contributed by atoms with Gasteiger partial charge in [0.15, 0.2) is 5.82 Å². The van der Waals surface area contributed by atoms with Crippen molar-refractivity contribution in [2.45, 2.75) is 20.8 Å². The Labute approximate surface area is 114 Å². The first kappa shape index (κ1) is 13.1. The van der Waals surface area contributed by atoms with Crippen molar-refractivity contribution < 1.29 is 0 Å². The van der Waals surface area contributed by atoms with Crippen LogP contribution in [0, 0.1) is 32.1 Å². The summed E-state index contributed by atoms with van der Waals surface area (Å²) in [6.07, 6.45) is 0. The third-order valence-corrected chi connectivity index (χ3v) is 3.17. The molecule has 0 aliphatic rings. The SMILES string of the molecule is Cc1ccc(N(C)c2nc(C)ccc2C#N)c(C)c1. The Morgan fingerprint density at radius 3 is 2.47 bits per heavy atom. The first-order valence-electron chi connectivity index (χ1n) is 6.21. The van der Waals surface area contributed by atoms with E-state index in [1.165, 1.54) is 11.1 Å². The van der Waals surface area contributed by atoms with E-state index in [-0.39, 0.29) is 0 Å². The molecule has 0 saturated carbocycles. The Morgan fingerprint density at radius 2 is 1.84 bits per heavy atom. The number of rotatable bonds is 2. The Balaban J connectivity index is 2.52. The van der Waals surface area contributed by atoms with Crippen LogP contribution < -0.4 is 4.90 Å². The number of nitriles is 1. The summed E-state index contributed by atoms with van der Waals surface area (Å²) >= 11 is 0. The minimum atomic E-state index is 0.591. The van der Waals surface area contributed by atoms with Gasteiger partial charge in [0, 0.05) is 18.4 Å². The molecule has 3 heteroatoms. The van der Waals surface area contributed by atoms with Crippen molar-refractivity contribution in [2.75, 3.05) is 11.9 Å². The zero-order valence-electron chi connectivity index (χ0n) is 11.7. The average Bonchev–Trinajstić information content (AvgIpc) is 2.38. The second-order valence-electron chi connectivity index (χ2n) is 4.78. The van der Waals surface area contributed by atoms with E-state index in [9.17, 15) is 5.26 Å². The van der Waals surface area contributed by atoms with Gasteiger partial charge in [0.05, 0.1) is 5.56 Å². The molecule has 2 aromatic rings. The predicted molar refractivity (Wildman–Crippen MR) is 77.7 cm³/mol. The molecule has 96 valence electrons. The summed E-state index contributed by atoms with van der Waals surface area (Å²) in [5, 5.41) is 9.20. The van der Waals surface area contributed by atoms with Crippen molar-refractivity contribution in [1.29, 1.82) is 5.26 Å². The molecule has 1 heterocycles. The van der Waals surface area contributed by atoms with Crippen molar-refractivity contribution in [1.82, 2.24) is 4.98 Å². The van der Waals surface area contributed by atoms with E-state index in [0.717, 1.165) is 11.4 Å². The smallest absolute Gasteiger partial charge is 0.150 e. The van der Waals surface area contributed by atoms with Gasteiger partial charge >= 0.3 is 0 Å². The maximum atomic E-state index is 9.20. The van der Waals surface area contributed by atoms with Gasteiger partial charge in [-0.15, -0.1) is 0 Å². The first-order chi connectivity index (χ1) is 9.02. The molecule has 0 bridgehead atoms. The fourth-order valence-corrected chi connectivity index (χ4v) is 2.18. The lowest BCUT2D eigenvalue weighted by Crippen LogP contribution is -2.14. The molecule has 2 rings (SSSR count). The quantitative estimate of drug-likeness (QED) is 0.818. The molecule has 1 aromatic heterocycles. The first-order valence-corrected chi connectivity index (χ1v) is 6.21. The third kappa shape index (κ3) is 2.58. The minimum Gasteiger partial charge on any atom is -0.328 e. The Hall–Kier alpha value is -2.34. The van der Waals surface area contributed by atoms with Crippen LogP contribution in [0.15, 0.2) is 30.3 Å². The van der Waals surface area contributed by atoms with Crippen molar-refractivity contribution in [3.05, 3.63) is 52.7 Å². The van der Waals surface area contributed by atoms with Crippen LogP contribution in [-0.2, 0) is 0 Å². The highest BCUT2D eigenvalue weighted by atomic mass is 15.2. The fourth-order valence-electron chi connectivity index (χ4n) is 2.18. The number of anilines is 2. The molecular formula is C16H17N3. The molecule has 0 atom stereocenters. The van der Waals surface area contributed by atoms with Crippen molar-refractivity contribution in [3.8, 4) is 6.07 Å². The highest BCUT2D eigenvalue weighted by molar-refractivity contribution is 5.68. The number of nitrogens with zero attached hydrogens (tertiary/aromatic N) is 3. The minimum absolute atomic E-state index is 0.591. The standard InChI is InChI=1S/C16H17N3/c1-11-5-8-15(12(2)9-11)19(4)16-14(10-17)7-6-13(3)18-16/h5-9H,1-4H3. The monoisotopic (exact) mass is 251 g/mol. The van der Waals surface area contributed by atoms with Crippen LogP contribution in [-0.4, -0.2) is 12.0 Å². The molecule has 0 aliphatic carbocycles. The maximum absolute atomic E-state index is 9.20. The van der Waals surface area contributed by atoms with Gasteiger partial charge in [-0.3, -0.25) is 0 Å². The molecule has 0 fully saturated rings. The number of hydrogen-bond donors (Lipinski definition) is 0. The predicted octanol–water partition coefficient (Wildman–Crippen LogP) is 3.65. The molecule has 0 aliphatic heterocycles. The van der Waals surface area contributed by atoms with Gasteiger partial charge in [-0.05, 0) is 44.5 Å². The number of aromatic nitrogens is 1. The van der Waals surface area contributed by atoms with Crippen LogP contribution in [0.4, 0.5) is 11.5 Å². The molecule has 19 heavy (non-hydrogen) atoms. The Kier molecular flexibility index (Phi) is 3.52. The third-order valence-electron chi connectivity index (χ3n) is 3.17. The molecule has 0 saturated heterocycles. The molecule has 0 spiro atoms. The van der Waals surface area contributed by atoms with Crippen LogP contribution in [0.25, 0.3) is 0 Å². The van der Waals surface area contributed by atoms with Crippen LogP contribution in [0.5, 0.6) is 0 Å². The van der Waals surface area contributed by atoms with Gasteiger partial charge < -0.3 is 4.90 Å². The summed E-state index contributed by atoms with van der Waals surface area (Å²) in [6, 6.07) is 12.1. The maximum Gasteiger partial charge on any atom is 0.150 e. The summed E-state index contributed by atoms with van der Waals surface area (Å²) in [7, 11) is 1.94. The normalized spacial score (nSPS) is 10.1. The van der Waals surface area contributed by atoms with Crippen LogP contribution >= 0.6 is 0 Å². The van der Waals surface area contributed by atoms with Gasteiger partial charge in [0.2, 0.25) is 0 Å². The van der Waals surface area contributed by atoms with Gasteiger partial charge in [-0.1, -0.05) is 17.7 Å². The zero-order chi connectivity index (χ0) is 14.0. The lowest BCUT2D eigenvalue weighted by Gasteiger charge is -2.22. The van der Waals surface area contributed by atoms with Gasteiger partial charge in [0.1, 0.15) is 6.07 Å².